The number of hydrogen-bond acceptors (Lipinski definition) is 6. The van der Waals surface area contributed by atoms with E-state index in [4.69, 9.17) is 4.74 Å². The summed E-state index contributed by atoms with van der Waals surface area (Å²) < 4.78 is 4.79. The maximum Gasteiger partial charge on any atom is 0.315 e. The summed E-state index contributed by atoms with van der Waals surface area (Å²) in [6, 6.07) is 3.69. The molecule has 1 heterocycles. The van der Waals surface area contributed by atoms with Crippen molar-refractivity contribution in [3.63, 3.8) is 0 Å². The minimum Gasteiger partial charge on any atom is -0.465 e. The number of esters is 1. The van der Waals surface area contributed by atoms with Crippen molar-refractivity contribution in [1.29, 1.82) is 0 Å². The Hall–Kier alpha value is -1.08. The summed E-state index contributed by atoms with van der Waals surface area (Å²) >= 11 is 2.71. The van der Waals surface area contributed by atoms with Gasteiger partial charge in [-0.2, -0.15) is 0 Å². The maximum absolute atomic E-state index is 11.2. The maximum atomic E-state index is 11.2. The Morgan fingerprint density at radius 1 is 1.71 bits per heavy atom. The summed E-state index contributed by atoms with van der Waals surface area (Å²) in [5.41, 5.74) is 0. The van der Waals surface area contributed by atoms with E-state index in [1.54, 1.807) is 6.92 Å². The second-order valence-corrected chi connectivity index (χ2v) is 5.31. The second-order valence-electron chi connectivity index (χ2n) is 3.14. The first-order chi connectivity index (χ1) is 8.13. The molecule has 1 rings (SSSR count). The molecule has 0 N–H and O–H groups in total. The van der Waals surface area contributed by atoms with E-state index in [0.717, 1.165) is 4.88 Å². The van der Waals surface area contributed by atoms with Crippen molar-refractivity contribution < 1.29 is 14.5 Å². The van der Waals surface area contributed by atoms with Gasteiger partial charge in [0.05, 0.1) is 12.4 Å². The van der Waals surface area contributed by atoms with Gasteiger partial charge in [-0.1, -0.05) is 6.07 Å². The number of carbonyl (C=O) groups excluding carboxylic acids is 1. The average Bonchev–Trinajstić information content (AvgIpc) is 2.77. The monoisotopic (exact) mass is 275 g/mol. The molecule has 0 amide bonds. The lowest BCUT2D eigenvalue weighted by molar-refractivity contribution is -0.479. The highest BCUT2D eigenvalue weighted by Gasteiger charge is 2.20. The molecule has 1 unspecified atom stereocenters. The molecule has 1 atom stereocenters. The summed E-state index contributed by atoms with van der Waals surface area (Å²) in [4.78, 5) is 22.3. The zero-order valence-electron chi connectivity index (χ0n) is 9.33. The topological polar surface area (TPSA) is 69.4 Å². The minimum absolute atomic E-state index is 0.143. The molecule has 0 aliphatic heterocycles. The Labute approximate surface area is 107 Å². The second kappa shape index (κ2) is 7.29. The number of thioether (sulfide) groups is 1. The normalized spacial score (nSPS) is 12.1. The third kappa shape index (κ3) is 5.18. The van der Waals surface area contributed by atoms with Gasteiger partial charge in [-0.25, -0.2) is 0 Å². The molecule has 0 aliphatic carbocycles. The highest BCUT2D eigenvalue weighted by molar-refractivity contribution is 8.00. The predicted molar refractivity (Wildman–Crippen MR) is 68.0 cm³/mol. The van der Waals surface area contributed by atoms with E-state index < -0.39 is 0 Å². The number of thiophene rings is 1. The van der Waals surface area contributed by atoms with E-state index in [1.165, 1.54) is 23.1 Å². The van der Waals surface area contributed by atoms with Crippen LogP contribution in [0.3, 0.4) is 0 Å². The van der Waals surface area contributed by atoms with Crippen LogP contribution >= 0.6 is 23.1 Å². The Morgan fingerprint density at radius 2 is 2.47 bits per heavy atom. The van der Waals surface area contributed by atoms with Crippen molar-refractivity contribution in [1.82, 2.24) is 0 Å². The first-order valence-corrected chi connectivity index (χ1v) is 6.98. The molecule has 0 bridgehead atoms. The van der Waals surface area contributed by atoms with E-state index in [0.29, 0.717) is 6.61 Å². The van der Waals surface area contributed by atoms with Gasteiger partial charge in [0.2, 0.25) is 6.54 Å². The number of hydrogen-bond donors (Lipinski definition) is 0. The van der Waals surface area contributed by atoms with Crippen LogP contribution in [0, 0.1) is 10.1 Å². The van der Waals surface area contributed by atoms with Gasteiger partial charge in [-0.3, -0.25) is 14.9 Å². The molecule has 0 fully saturated rings. The highest BCUT2D eigenvalue weighted by atomic mass is 32.2. The lowest BCUT2D eigenvalue weighted by atomic mass is 10.3. The lowest BCUT2D eigenvalue weighted by Gasteiger charge is -2.10. The highest BCUT2D eigenvalue weighted by Crippen LogP contribution is 2.32. The Balaban J connectivity index is 2.53. The van der Waals surface area contributed by atoms with Crippen molar-refractivity contribution in [3.8, 4) is 0 Å². The summed E-state index contributed by atoms with van der Waals surface area (Å²) in [5, 5.41) is 12.1. The first kappa shape index (κ1) is 14.0. The molecule has 0 saturated carbocycles. The zero-order valence-corrected chi connectivity index (χ0v) is 11.0. The zero-order chi connectivity index (χ0) is 12.7. The van der Waals surface area contributed by atoms with Gasteiger partial charge in [0.1, 0.15) is 5.25 Å². The minimum atomic E-state index is -0.359. The van der Waals surface area contributed by atoms with E-state index in [9.17, 15) is 14.9 Å². The fourth-order valence-corrected chi connectivity index (χ4v) is 3.17. The number of rotatable bonds is 7. The third-order valence-electron chi connectivity index (χ3n) is 1.88. The number of carbonyl (C=O) groups is 1. The predicted octanol–water partition coefficient (Wildman–Crippen LogP) is 2.36. The van der Waals surface area contributed by atoms with Crippen molar-refractivity contribution in [2.45, 2.75) is 12.2 Å². The summed E-state index contributed by atoms with van der Waals surface area (Å²) in [7, 11) is 0. The molecule has 0 aliphatic rings. The molecule has 17 heavy (non-hydrogen) atoms. The smallest absolute Gasteiger partial charge is 0.315 e. The van der Waals surface area contributed by atoms with Crippen LogP contribution in [0.25, 0.3) is 0 Å². The van der Waals surface area contributed by atoms with Gasteiger partial charge in [0.15, 0.2) is 0 Å². The fourth-order valence-electron chi connectivity index (χ4n) is 1.21. The van der Waals surface area contributed by atoms with E-state index in [-0.39, 0.29) is 28.4 Å². The largest absolute Gasteiger partial charge is 0.465 e. The summed E-state index contributed by atoms with van der Waals surface area (Å²) in [6.45, 7) is 1.89. The van der Waals surface area contributed by atoms with Crippen LogP contribution < -0.4 is 0 Å². The Bertz CT molecular complexity index is 366. The summed E-state index contributed by atoms with van der Waals surface area (Å²) in [6.07, 6.45) is 0. The molecule has 5 nitrogen and oxygen atoms in total. The lowest BCUT2D eigenvalue weighted by Crippen LogP contribution is -2.13. The molecule has 0 aromatic carbocycles. The van der Waals surface area contributed by atoms with Crippen molar-refractivity contribution in [2.24, 2.45) is 0 Å². The van der Waals surface area contributed by atoms with Gasteiger partial charge >= 0.3 is 5.97 Å². The molecular weight excluding hydrogens is 262 g/mol. The summed E-state index contributed by atoms with van der Waals surface area (Å²) in [5.74, 6) is -0.188. The quantitative estimate of drug-likeness (QED) is 0.434. The molecular formula is C10H13NO4S2. The van der Waals surface area contributed by atoms with Crippen molar-refractivity contribution in [3.05, 3.63) is 32.5 Å². The Kier molecular flexibility index (Phi) is 5.99. The van der Waals surface area contributed by atoms with Crippen LogP contribution in [0.4, 0.5) is 0 Å². The molecule has 0 saturated heterocycles. The van der Waals surface area contributed by atoms with Crippen molar-refractivity contribution in [2.75, 3.05) is 18.9 Å². The van der Waals surface area contributed by atoms with E-state index in [1.807, 2.05) is 17.5 Å². The molecule has 1 aromatic rings. The Morgan fingerprint density at radius 3 is 3.00 bits per heavy atom. The first-order valence-electron chi connectivity index (χ1n) is 5.06. The van der Waals surface area contributed by atoms with Gasteiger partial charge in [0, 0.05) is 9.80 Å². The van der Waals surface area contributed by atoms with Crippen molar-refractivity contribution >= 4 is 29.1 Å². The SMILES string of the molecule is CCOC(=O)CSC(C[N+](=O)[O-])c1cccs1. The third-order valence-corrected chi connectivity index (χ3v) is 4.23. The van der Waals surface area contributed by atoms with Gasteiger partial charge in [-0.15, -0.1) is 23.1 Å². The molecule has 94 valence electrons. The van der Waals surface area contributed by atoms with Crippen LogP contribution in [-0.4, -0.2) is 29.8 Å². The number of nitrogens with zero attached hydrogens (tertiary/aromatic N) is 1. The molecule has 1 aromatic heterocycles. The molecule has 0 spiro atoms. The van der Waals surface area contributed by atoms with Crippen LogP contribution in [-0.2, 0) is 9.53 Å². The van der Waals surface area contributed by atoms with Crippen LogP contribution in [0.5, 0.6) is 0 Å². The average molecular weight is 275 g/mol. The van der Waals surface area contributed by atoms with E-state index in [2.05, 4.69) is 0 Å². The fraction of sp³-hybridized carbons (Fsp3) is 0.500. The van der Waals surface area contributed by atoms with Gasteiger partial charge < -0.3 is 4.74 Å². The van der Waals surface area contributed by atoms with Gasteiger partial charge in [-0.05, 0) is 18.4 Å². The van der Waals surface area contributed by atoms with E-state index >= 15 is 0 Å². The molecule has 7 heteroatoms. The molecule has 0 radical (unpaired) electrons. The number of ether oxygens (including phenoxy) is 1. The number of nitro groups is 1. The standard InChI is InChI=1S/C10H13NO4S2/c1-2-15-10(12)7-17-9(6-11(13)14)8-4-3-5-16-8/h3-5,9H,2,6-7H2,1H3. The van der Waals surface area contributed by atoms with Crippen LogP contribution in [0.2, 0.25) is 0 Å². The van der Waals surface area contributed by atoms with Crippen LogP contribution in [0.1, 0.15) is 17.1 Å². The van der Waals surface area contributed by atoms with Gasteiger partial charge in [0.25, 0.3) is 0 Å². The van der Waals surface area contributed by atoms with Crippen LogP contribution in [0.15, 0.2) is 17.5 Å².